The van der Waals surface area contributed by atoms with Crippen molar-refractivity contribution in [2.75, 3.05) is 6.54 Å². The van der Waals surface area contributed by atoms with E-state index >= 15 is 0 Å². The van der Waals surface area contributed by atoms with Crippen molar-refractivity contribution >= 4 is 22.9 Å². The van der Waals surface area contributed by atoms with Crippen LogP contribution in [0.3, 0.4) is 0 Å². The zero-order chi connectivity index (χ0) is 15.4. The summed E-state index contributed by atoms with van der Waals surface area (Å²) < 4.78 is 4.17. The normalized spacial score (nSPS) is 13.0. The Morgan fingerprint density at radius 3 is 2.57 bits per heavy atom. The van der Waals surface area contributed by atoms with Gasteiger partial charge in [-0.2, -0.15) is 0 Å². The average molecular weight is 325 g/mol. The van der Waals surface area contributed by atoms with E-state index in [9.17, 15) is 0 Å². The molecular formula is C15H24N4S2. The predicted molar refractivity (Wildman–Crippen MR) is 90.3 cm³/mol. The zero-order valence-electron chi connectivity index (χ0n) is 13.4. The van der Waals surface area contributed by atoms with Gasteiger partial charge in [-0.3, -0.25) is 0 Å². The van der Waals surface area contributed by atoms with Crippen LogP contribution in [0.4, 0.5) is 0 Å². The molecule has 0 bridgehead atoms. The minimum absolute atomic E-state index is 0.271. The maximum Gasteiger partial charge on any atom is 0.0950 e. The summed E-state index contributed by atoms with van der Waals surface area (Å²) in [7, 11) is 0. The fourth-order valence-corrected chi connectivity index (χ4v) is 4.08. The van der Waals surface area contributed by atoms with Gasteiger partial charge in [0.05, 0.1) is 27.3 Å². The Bertz CT molecular complexity index is 554. The summed E-state index contributed by atoms with van der Waals surface area (Å²) in [5.41, 5.74) is 2.27. The quantitative estimate of drug-likeness (QED) is 0.836. The van der Waals surface area contributed by atoms with Gasteiger partial charge in [0.25, 0.3) is 0 Å². The molecule has 2 rings (SSSR count). The van der Waals surface area contributed by atoms with Crippen molar-refractivity contribution in [2.24, 2.45) is 0 Å². The van der Waals surface area contributed by atoms with Gasteiger partial charge in [-0.05, 0) is 44.3 Å². The standard InChI is InChI=1S/C15H24N4S2/c1-6-7-16-12(8-13-17-10(4)11(5)20-13)15-14(9(2)3)18-19-21-15/h9,12,16H,6-8H2,1-5H3. The van der Waals surface area contributed by atoms with Crippen LogP contribution >= 0.6 is 22.9 Å². The van der Waals surface area contributed by atoms with E-state index < -0.39 is 0 Å². The van der Waals surface area contributed by atoms with Crippen molar-refractivity contribution in [3.63, 3.8) is 0 Å². The van der Waals surface area contributed by atoms with E-state index in [1.807, 2.05) is 0 Å². The number of hydrogen-bond acceptors (Lipinski definition) is 6. The van der Waals surface area contributed by atoms with Crippen LogP contribution in [0, 0.1) is 13.8 Å². The van der Waals surface area contributed by atoms with Crippen molar-refractivity contribution < 1.29 is 0 Å². The van der Waals surface area contributed by atoms with E-state index in [1.54, 1.807) is 11.3 Å². The van der Waals surface area contributed by atoms with E-state index in [0.717, 1.165) is 30.8 Å². The van der Waals surface area contributed by atoms with Gasteiger partial charge in [0, 0.05) is 11.3 Å². The largest absolute Gasteiger partial charge is 0.309 e. The molecule has 2 heterocycles. The molecule has 116 valence electrons. The van der Waals surface area contributed by atoms with Gasteiger partial charge in [-0.1, -0.05) is 25.3 Å². The summed E-state index contributed by atoms with van der Waals surface area (Å²) in [6.07, 6.45) is 2.04. The lowest BCUT2D eigenvalue weighted by Gasteiger charge is -2.17. The molecule has 1 atom stereocenters. The second kappa shape index (κ2) is 7.42. The summed E-state index contributed by atoms with van der Waals surface area (Å²) in [6, 6.07) is 0.271. The van der Waals surface area contributed by atoms with Crippen LogP contribution in [0.15, 0.2) is 0 Å². The molecule has 0 aromatic carbocycles. The van der Waals surface area contributed by atoms with Gasteiger partial charge >= 0.3 is 0 Å². The Kier molecular flexibility index (Phi) is 5.84. The lowest BCUT2D eigenvalue weighted by molar-refractivity contribution is 0.528. The van der Waals surface area contributed by atoms with E-state index in [1.165, 1.54) is 26.3 Å². The molecule has 1 unspecified atom stereocenters. The fourth-order valence-electron chi connectivity index (χ4n) is 2.22. The summed E-state index contributed by atoms with van der Waals surface area (Å²) in [4.78, 5) is 7.26. The summed E-state index contributed by atoms with van der Waals surface area (Å²) in [5, 5.41) is 9.16. The number of rotatable bonds is 7. The molecule has 0 radical (unpaired) electrons. The minimum atomic E-state index is 0.271. The summed E-state index contributed by atoms with van der Waals surface area (Å²) in [5.74, 6) is 0.407. The number of aryl methyl sites for hydroxylation is 2. The van der Waals surface area contributed by atoms with Crippen LogP contribution in [0.25, 0.3) is 0 Å². The Labute approximate surface area is 135 Å². The van der Waals surface area contributed by atoms with E-state index in [2.05, 4.69) is 54.5 Å². The average Bonchev–Trinajstić information content (AvgIpc) is 3.02. The smallest absolute Gasteiger partial charge is 0.0950 e. The lowest BCUT2D eigenvalue weighted by Crippen LogP contribution is -2.24. The molecule has 2 aromatic rings. The highest BCUT2D eigenvalue weighted by molar-refractivity contribution is 7.11. The maximum absolute atomic E-state index is 4.68. The van der Waals surface area contributed by atoms with Crippen LogP contribution in [0.1, 0.15) is 65.3 Å². The number of hydrogen-bond donors (Lipinski definition) is 1. The van der Waals surface area contributed by atoms with Crippen molar-refractivity contribution in [1.82, 2.24) is 19.9 Å². The molecule has 0 aliphatic rings. The van der Waals surface area contributed by atoms with E-state index in [0.29, 0.717) is 5.92 Å². The highest BCUT2D eigenvalue weighted by atomic mass is 32.1. The fraction of sp³-hybridized carbons (Fsp3) is 0.667. The second-order valence-electron chi connectivity index (χ2n) is 5.64. The Hall–Kier alpha value is -0.850. The molecule has 0 aliphatic carbocycles. The predicted octanol–water partition coefficient (Wildman–Crippen LogP) is 4.02. The molecule has 2 aromatic heterocycles. The van der Waals surface area contributed by atoms with E-state index in [-0.39, 0.29) is 6.04 Å². The zero-order valence-corrected chi connectivity index (χ0v) is 15.1. The molecule has 0 aliphatic heterocycles. The molecule has 0 saturated carbocycles. The molecule has 0 spiro atoms. The minimum Gasteiger partial charge on any atom is -0.309 e. The molecule has 6 heteroatoms. The number of nitrogens with one attached hydrogen (secondary N) is 1. The first kappa shape index (κ1) is 16.5. The van der Waals surface area contributed by atoms with Gasteiger partial charge in [0.1, 0.15) is 0 Å². The van der Waals surface area contributed by atoms with Crippen LogP contribution in [0.5, 0.6) is 0 Å². The maximum atomic E-state index is 4.68. The SMILES string of the molecule is CCCNC(Cc1nc(C)c(C)s1)c1snnc1C(C)C. The molecule has 4 nitrogen and oxygen atoms in total. The second-order valence-corrected chi connectivity index (χ2v) is 7.71. The Morgan fingerprint density at radius 1 is 1.24 bits per heavy atom. The summed E-state index contributed by atoms with van der Waals surface area (Å²) >= 11 is 3.32. The van der Waals surface area contributed by atoms with Crippen LogP contribution in [-0.2, 0) is 6.42 Å². The molecule has 0 amide bonds. The molecule has 0 fully saturated rings. The highest BCUT2D eigenvalue weighted by Crippen LogP contribution is 2.30. The molecule has 21 heavy (non-hydrogen) atoms. The third-order valence-corrected chi connectivity index (χ3v) is 5.44. The first-order valence-electron chi connectivity index (χ1n) is 7.51. The highest BCUT2D eigenvalue weighted by Gasteiger charge is 2.22. The van der Waals surface area contributed by atoms with Crippen molar-refractivity contribution in [2.45, 2.75) is 59.4 Å². The Morgan fingerprint density at radius 2 is 2.00 bits per heavy atom. The molecular weight excluding hydrogens is 300 g/mol. The van der Waals surface area contributed by atoms with Gasteiger partial charge in [-0.25, -0.2) is 4.98 Å². The van der Waals surface area contributed by atoms with Crippen LogP contribution in [-0.4, -0.2) is 21.1 Å². The number of nitrogens with zero attached hydrogens (tertiary/aromatic N) is 3. The monoisotopic (exact) mass is 324 g/mol. The summed E-state index contributed by atoms with van der Waals surface area (Å²) in [6.45, 7) is 11.8. The van der Waals surface area contributed by atoms with Gasteiger partial charge in [0.15, 0.2) is 0 Å². The van der Waals surface area contributed by atoms with Gasteiger partial charge in [0.2, 0.25) is 0 Å². The number of thiazole rings is 1. The van der Waals surface area contributed by atoms with Gasteiger partial charge < -0.3 is 5.32 Å². The van der Waals surface area contributed by atoms with Crippen molar-refractivity contribution in [1.29, 1.82) is 0 Å². The van der Waals surface area contributed by atoms with Crippen molar-refractivity contribution in [3.8, 4) is 0 Å². The third kappa shape index (κ3) is 4.08. The first-order valence-corrected chi connectivity index (χ1v) is 9.10. The lowest BCUT2D eigenvalue weighted by atomic mass is 10.0. The van der Waals surface area contributed by atoms with Crippen LogP contribution in [0.2, 0.25) is 0 Å². The Balaban J connectivity index is 2.23. The molecule has 1 N–H and O–H groups in total. The van der Waals surface area contributed by atoms with Crippen LogP contribution < -0.4 is 5.32 Å². The van der Waals surface area contributed by atoms with Crippen molar-refractivity contribution in [3.05, 3.63) is 26.1 Å². The van der Waals surface area contributed by atoms with Gasteiger partial charge in [-0.15, -0.1) is 16.4 Å². The van der Waals surface area contributed by atoms with E-state index in [4.69, 9.17) is 0 Å². The topological polar surface area (TPSA) is 50.7 Å². The first-order chi connectivity index (χ1) is 10.0. The number of aromatic nitrogens is 3. The molecule has 0 saturated heterocycles. The third-order valence-electron chi connectivity index (χ3n) is 3.50.